The highest BCUT2D eigenvalue weighted by Crippen LogP contribution is 2.38. The summed E-state index contributed by atoms with van der Waals surface area (Å²) in [5, 5.41) is 31.0. The number of carbonyl (C=O) groups is 2. The van der Waals surface area contributed by atoms with E-state index in [9.17, 15) is 30.1 Å². The van der Waals surface area contributed by atoms with Crippen LogP contribution in [0.2, 0.25) is 0 Å². The van der Waals surface area contributed by atoms with Gasteiger partial charge in [-0.15, -0.1) is 0 Å². The average Bonchev–Trinajstić information content (AvgIpc) is 3.31. The van der Waals surface area contributed by atoms with Crippen LogP contribution in [0.15, 0.2) is 35.9 Å². The molecule has 1 amide bonds. The molecule has 182 valence electrons. The molecule has 0 aliphatic carbocycles. The second kappa shape index (κ2) is 10.9. The number of nitro groups is 1. The van der Waals surface area contributed by atoms with Crippen LogP contribution in [0.3, 0.4) is 0 Å². The van der Waals surface area contributed by atoms with Crippen LogP contribution in [0.1, 0.15) is 25.0 Å². The molecule has 0 aromatic heterocycles. The third kappa shape index (κ3) is 5.77. The molecule has 0 saturated heterocycles. The molecule has 1 heterocycles. The van der Waals surface area contributed by atoms with Crippen molar-refractivity contribution in [1.82, 2.24) is 4.90 Å². The second-order valence-electron chi connectivity index (χ2n) is 7.12. The van der Waals surface area contributed by atoms with Crippen molar-refractivity contribution in [2.45, 2.75) is 20.5 Å². The van der Waals surface area contributed by atoms with Crippen molar-refractivity contribution >= 4 is 23.8 Å². The number of carbonyl (C=O) groups excluding carboxylic acids is 2. The van der Waals surface area contributed by atoms with Gasteiger partial charge >= 0.3 is 11.8 Å². The Balaban J connectivity index is 1.82. The van der Waals surface area contributed by atoms with Gasteiger partial charge in [0.2, 0.25) is 12.5 Å². The summed E-state index contributed by atoms with van der Waals surface area (Å²) in [5.74, 6) is -1.03. The van der Waals surface area contributed by atoms with E-state index in [2.05, 4.69) is 0 Å². The smallest absolute Gasteiger partial charge is 0.499 e. The fraction of sp³-hybridized carbons (Fsp3) is 0.261. The molecule has 1 N–H and O–H groups in total. The van der Waals surface area contributed by atoms with Crippen molar-refractivity contribution < 1.29 is 38.6 Å². The molecular formula is C23H21N3O9. The number of phenols is 1. The second-order valence-corrected chi connectivity index (χ2v) is 7.12. The van der Waals surface area contributed by atoms with E-state index in [4.69, 9.17) is 18.9 Å². The van der Waals surface area contributed by atoms with Crippen molar-refractivity contribution in [1.29, 1.82) is 5.26 Å². The lowest BCUT2D eigenvalue weighted by atomic mass is 10.1. The molecule has 2 aromatic rings. The highest BCUT2D eigenvalue weighted by molar-refractivity contribution is 6.01. The molecule has 35 heavy (non-hydrogen) atoms. The number of benzene rings is 2. The maximum atomic E-state index is 12.5. The zero-order valence-corrected chi connectivity index (χ0v) is 18.8. The fourth-order valence-corrected chi connectivity index (χ4v) is 3.20. The molecular weight excluding hydrogens is 462 g/mol. The third-order valence-corrected chi connectivity index (χ3v) is 4.97. The molecule has 0 atom stereocenters. The Morgan fingerprint density at radius 3 is 2.60 bits per heavy atom. The SMILES string of the molecule is CCN(CC)C(=O)C(C#N)=Cc1cc(OC(=O)OCc2ccc3c(c2)OCO3)c(O)c([N+](=O)[O-])c1. The highest BCUT2D eigenvalue weighted by Gasteiger charge is 2.24. The molecule has 0 spiro atoms. The first-order chi connectivity index (χ1) is 16.8. The van der Waals surface area contributed by atoms with Gasteiger partial charge in [0, 0.05) is 19.2 Å². The number of likely N-dealkylation sites (N-methyl/N-ethyl adjacent to an activating group) is 1. The van der Waals surface area contributed by atoms with Crippen LogP contribution in [-0.2, 0) is 16.1 Å². The van der Waals surface area contributed by atoms with Gasteiger partial charge in [-0.25, -0.2) is 4.79 Å². The predicted molar refractivity (Wildman–Crippen MR) is 120 cm³/mol. The highest BCUT2D eigenvalue weighted by atomic mass is 16.7. The average molecular weight is 483 g/mol. The number of amides is 1. The van der Waals surface area contributed by atoms with Crippen molar-refractivity contribution in [3.8, 4) is 29.1 Å². The first-order valence-electron chi connectivity index (χ1n) is 10.4. The molecule has 3 rings (SSSR count). The molecule has 0 unspecified atom stereocenters. The lowest BCUT2D eigenvalue weighted by Gasteiger charge is -2.17. The van der Waals surface area contributed by atoms with Crippen molar-refractivity contribution in [2.24, 2.45) is 0 Å². The normalized spacial score (nSPS) is 12.0. The van der Waals surface area contributed by atoms with Crippen LogP contribution in [0, 0.1) is 21.4 Å². The summed E-state index contributed by atoms with van der Waals surface area (Å²) in [6.45, 7) is 4.06. The Kier molecular flexibility index (Phi) is 7.73. The number of ether oxygens (including phenoxy) is 4. The molecule has 1 aliphatic heterocycles. The molecule has 12 heteroatoms. The van der Waals surface area contributed by atoms with E-state index in [1.165, 1.54) is 4.90 Å². The summed E-state index contributed by atoms with van der Waals surface area (Å²) < 4.78 is 20.4. The number of nitrogens with zero attached hydrogens (tertiary/aromatic N) is 3. The summed E-state index contributed by atoms with van der Waals surface area (Å²) in [5.41, 5.74) is -0.522. The summed E-state index contributed by atoms with van der Waals surface area (Å²) in [6.07, 6.45) is -0.133. The van der Waals surface area contributed by atoms with E-state index in [1.807, 2.05) is 0 Å². The molecule has 1 aliphatic rings. The van der Waals surface area contributed by atoms with Crippen LogP contribution in [0.4, 0.5) is 10.5 Å². The van der Waals surface area contributed by atoms with E-state index in [1.54, 1.807) is 38.1 Å². The van der Waals surface area contributed by atoms with E-state index in [-0.39, 0.29) is 24.5 Å². The third-order valence-electron chi connectivity index (χ3n) is 4.97. The monoisotopic (exact) mass is 483 g/mol. The first kappa shape index (κ1) is 24.8. The van der Waals surface area contributed by atoms with Crippen LogP contribution in [0.25, 0.3) is 6.08 Å². The van der Waals surface area contributed by atoms with Crippen LogP contribution < -0.4 is 14.2 Å². The summed E-state index contributed by atoms with van der Waals surface area (Å²) >= 11 is 0. The topological polar surface area (TPSA) is 161 Å². The Morgan fingerprint density at radius 1 is 1.23 bits per heavy atom. The maximum Gasteiger partial charge on any atom is 0.514 e. The largest absolute Gasteiger partial charge is 0.514 e. The number of rotatable bonds is 8. The summed E-state index contributed by atoms with van der Waals surface area (Å²) in [6, 6.07) is 8.69. The zero-order chi connectivity index (χ0) is 25.5. The van der Waals surface area contributed by atoms with Gasteiger partial charge in [0.1, 0.15) is 18.2 Å². The summed E-state index contributed by atoms with van der Waals surface area (Å²) in [7, 11) is 0. The molecule has 0 fully saturated rings. The molecule has 12 nitrogen and oxygen atoms in total. The van der Waals surface area contributed by atoms with Gasteiger partial charge in [-0.2, -0.15) is 5.26 Å². The van der Waals surface area contributed by atoms with Gasteiger partial charge in [-0.05, 0) is 49.2 Å². The Labute approximate surface area is 199 Å². The lowest BCUT2D eigenvalue weighted by Crippen LogP contribution is -2.31. The quantitative estimate of drug-likeness (QED) is 0.147. The molecule has 0 bridgehead atoms. The number of hydrogen-bond donors (Lipinski definition) is 1. The Morgan fingerprint density at radius 2 is 1.94 bits per heavy atom. The number of phenolic OH excluding ortho intramolecular Hbond substituents is 1. The standard InChI is InChI=1S/C23H21N3O9/c1-3-25(4-2)22(28)16(11-24)7-15-8-17(26(30)31)21(27)20(10-15)35-23(29)32-12-14-5-6-18-19(9-14)34-13-33-18/h5-10,27H,3-4,12-13H2,1-2H3. The van der Waals surface area contributed by atoms with Crippen LogP contribution in [-0.4, -0.2) is 46.9 Å². The molecule has 0 radical (unpaired) electrons. The fourth-order valence-electron chi connectivity index (χ4n) is 3.20. The Bertz CT molecular complexity index is 1230. The van der Waals surface area contributed by atoms with Gasteiger partial charge in [-0.1, -0.05) is 6.07 Å². The van der Waals surface area contributed by atoms with E-state index in [0.29, 0.717) is 30.2 Å². The number of nitriles is 1. The maximum absolute atomic E-state index is 12.5. The Hall–Kier alpha value is -4.79. The first-order valence-corrected chi connectivity index (χ1v) is 10.4. The number of aromatic hydroxyl groups is 1. The zero-order valence-electron chi connectivity index (χ0n) is 18.8. The van der Waals surface area contributed by atoms with Crippen LogP contribution in [0.5, 0.6) is 23.0 Å². The minimum Gasteiger partial charge on any atom is -0.499 e. The number of nitro benzene ring substituents is 1. The van der Waals surface area contributed by atoms with Crippen molar-refractivity contribution in [3.63, 3.8) is 0 Å². The van der Waals surface area contributed by atoms with Gasteiger partial charge in [-0.3, -0.25) is 14.9 Å². The van der Waals surface area contributed by atoms with Gasteiger partial charge in [0.25, 0.3) is 5.91 Å². The van der Waals surface area contributed by atoms with Gasteiger partial charge < -0.3 is 29.0 Å². The number of hydrogen-bond acceptors (Lipinski definition) is 10. The summed E-state index contributed by atoms with van der Waals surface area (Å²) in [4.78, 5) is 36.6. The van der Waals surface area contributed by atoms with Crippen LogP contribution >= 0.6 is 0 Å². The van der Waals surface area contributed by atoms with Crippen molar-refractivity contribution in [2.75, 3.05) is 19.9 Å². The van der Waals surface area contributed by atoms with Gasteiger partial charge in [0.05, 0.1) is 4.92 Å². The van der Waals surface area contributed by atoms with E-state index < -0.39 is 34.2 Å². The predicted octanol–water partition coefficient (Wildman–Crippen LogP) is 3.52. The minimum absolute atomic E-state index is 0.00914. The molecule has 2 aromatic carbocycles. The molecule has 0 saturated carbocycles. The van der Waals surface area contributed by atoms with Gasteiger partial charge in [0.15, 0.2) is 17.2 Å². The lowest BCUT2D eigenvalue weighted by molar-refractivity contribution is -0.385. The van der Waals surface area contributed by atoms with E-state index >= 15 is 0 Å². The van der Waals surface area contributed by atoms with Crippen molar-refractivity contribution in [3.05, 3.63) is 57.1 Å². The minimum atomic E-state index is -1.24. The van der Waals surface area contributed by atoms with E-state index in [0.717, 1.165) is 18.2 Å². The number of fused-ring (bicyclic) bond motifs is 1.